The molecular formula is C12H18NaO10. The minimum absolute atomic E-state index is 0. The molecular weight excluding hydrogens is 327 g/mol. The number of carbonyl (C=O) groups excluding carboxylic acids is 1. The van der Waals surface area contributed by atoms with Crippen LogP contribution in [-0.2, 0) is 19.1 Å². The van der Waals surface area contributed by atoms with Gasteiger partial charge in [-0.05, 0) is 13.0 Å². The molecule has 10 nitrogen and oxygen atoms in total. The molecule has 0 aromatic heterocycles. The number of hydrogen-bond acceptors (Lipinski definition) is 9. The molecule has 7 atom stereocenters. The van der Waals surface area contributed by atoms with E-state index in [1.807, 2.05) is 0 Å². The van der Waals surface area contributed by atoms with E-state index in [0.717, 1.165) is 13.0 Å². The number of aliphatic hydroxyl groups is 5. The summed E-state index contributed by atoms with van der Waals surface area (Å²) in [5.74, 6) is -2.25. The molecule has 1 aliphatic rings. The van der Waals surface area contributed by atoms with Crippen molar-refractivity contribution < 1.29 is 49.7 Å². The minimum Gasteiger partial charge on any atom is -0.475 e. The van der Waals surface area contributed by atoms with Gasteiger partial charge in [-0.3, -0.25) is 0 Å². The molecule has 1 rings (SSSR count). The van der Waals surface area contributed by atoms with Gasteiger partial charge in [0.05, 0.1) is 6.10 Å². The second kappa shape index (κ2) is 9.67. The number of hydrogen-bond donors (Lipinski definition) is 6. The third kappa shape index (κ3) is 5.78. The smallest absolute Gasteiger partial charge is 0.371 e. The topological polar surface area (TPSA) is 174 Å². The van der Waals surface area contributed by atoms with Gasteiger partial charge in [0.2, 0.25) is 12.0 Å². The summed E-state index contributed by atoms with van der Waals surface area (Å²) in [5, 5.41) is 56.3. The van der Waals surface area contributed by atoms with Crippen molar-refractivity contribution in [1.82, 2.24) is 0 Å². The first-order valence-corrected chi connectivity index (χ1v) is 6.32. The third-order valence-corrected chi connectivity index (χ3v) is 3.01. The summed E-state index contributed by atoms with van der Waals surface area (Å²) in [6.07, 6.45) is -11.0. The average molecular weight is 345 g/mol. The summed E-state index contributed by atoms with van der Waals surface area (Å²) in [6, 6.07) is 0. The van der Waals surface area contributed by atoms with E-state index in [1.54, 1.807) is 0 Å². The molecule has 0 spiro atoms. The van der Waals surface area contributed by atoms with E-state index in [1.165, 1.54) is 0 Å². The molecule has 0 saturated carbocycles. The van der Waals surface area contributed by atoms with Gasteiger partial charge in [-0.15, -0.1) is 0 Å². The standard InChI is InChI=1S/C12H18O10.Na/c1-4(14)8(16)10(18)7(3-13)22-12-9(17)5(15)2-6(21-12)11(19)20;/h2-5,7-10,12,14-18H,1H3,(H,19,20);/t4-,5-,7-,8-,9+,10-,12+;/m0./s1. The summed E-state index contributed by atoms with van der Waals surface area (Å²) in [5.41, 5.74) is 0. The van der Waals surface area contributed by atoms with Crippen LogP contribution in [0.1, 0.15) is 6.92 Å². The van der Waals surface area contributed by atoms with Crippen LogP contribution in [0.15, 0.2) is 11.8 Å². The predicted molar refractivity (Wildman–Crippen MR) is 73.0 cm³/mol. The van der Waals surface area contributed by atoms with Crippen molar-refractivity contribution in [2.24, 2.45) is 0 Å². The number of aliphatic hydroxyl groups excluding tert-OH is 5. The zero-order valence-electron chi connectivity index (χ0n) is 12.5. The van der Waals surface area contributed by atoms with Crippen LogP contribution < -0.4 is 0 Å². The van der Waals surface area contributed by atoms with Crippen LogP contribution in [-0.4, -0.2) is 115 Å². The van der Waals surface area contributed by atoms with E-state index in [0.29, 0.717) is 0 Å². The van der Waals surface area contributed by atoms with Gasteiger partial charge >= 0.3 is 5.97 Å². The molecule has 0 amide bonds. The van der Waals surface area contributed by atoms with Gasteiger partial charge in [0.1, 0.15) is 30.5 Å². The van der Waals surface area contributed by atoms with Crippen molar-refractivity contribution in [1.29, 1.82) is 0 Å². The second-order valence-electron chi connectivity index (χ2n) is 4.76. The first-order chi connectivity index (χ1) is 10.2. The normalized spacial score (nSPS) is 29.1. The summed E-state index contributed by atoms with van der Waals surface area (Å²) in [7, 11) is 0. The van der Waals surface area contributed by atoms with Crippen molar-refractivity contribution >= 4 is 41.8 Å². The Kier molecular flexibility index (Phi) is 9.43. The zero-order chi connectivity index (χ0) is 17.0. The molecule has 0 fully saturated rings. The fraction of sp³-hybridized carbons (Fsp3) is 0.667. The van der Waals surface area contributed by atoms with Gasteiger partial charge in [0, 0.05) is 29.6 Å². The van der Waals surface area contributed by atoms with Crippen molar-refractivity contribution in [3.8, 4) is 0 Å². The summed E-state index contributed by atoms with van der Waals surface area (Å²) in [4.78, 5) is 21.7. The predicted octanol–water partition coefficient (Wildman–Crippen LogP) is -3.66. The van der Waals surface area contributed by atoms with Crippen LogP contribution in [0.5, 0.6) is 0 Å². The van der Waals surface area contributed by atoms with Gasteiger partial charge in [-0.1, -0.05) is 0 Å². The number of ether oxygens (including phenoxy) is 2. The number of aliphatic carboxylic acids is 1. The molecule has 1 heterocycles. The first-order valence-electron chi connectivity index (χ1n) is 6.32. The molecule has 1 radical (unpaired) electrons. The Morgan fingerprint density at radius 2 is 1.87 bits per heavy atom. The number of carboxylic acids is 1. The molecule has 127 valence electrons. The van der Waals surface area contributed by atoms with Crippen molar-refractivity contribution in [3.05, 3.63) is 11.8 Å². The maximum Gasteiger partial charge on any atom is 0.371 e. The van der Waals surface area contributed by atoms with Gasteiger partial charge < -0.3 is 44.9 Å². The van der Waals surface area contributed by atoms with Crippen molar-refractivity contribution in [2.75, 3.05) is 0 Å². The van der Waals surface area contributed by atoms with Gasteiger partial charge in [0.25, 0.3) is 0 Å². The van der Waals surface area contributed by atoms with Crippen LogP contribution >= 0.6 is 0 Å². The maximum absolute atomic E-state index is 10.9. The Morgan fingerprint density at radius 3 is 2.30 bits per heavy atom. The number of carboxylic acid groups (broad SMARTS) is 1. The molecule has 0 unspecified atom stereocenters. The quantitative estimate of drug-likeness (QED) is 0.199. The molecule has 1 aliphatic heterocycles. The monoisotopic (exact) mass is 345 g/mol. The van der Waals surface area contributed by atoms with Crippen LogP contribution in [0.4, 0.5) is 0 Å². The molecule has 11 heteroatoms. The Morgan fingerprint density at radius 1 is 1.30 bits per heavy atom. The van der Waals surface area contributed by atoms with Crippen LogP contribution in [0.3, 0.4) is 0 Å². The fourth-order valence-electron chi connectivity index (χ4n) is 1.71. The van der Waals surface area contributed by atoms with Crippen LogP contribution in [0.2, 0.25) is 0 Å². The maximum atomic E-state index is 10.9. The van der Waals surface area contributed by atoms with E-state index in [-0.39, 0.29) is 35.8 Å². The SMILES string of the molecule is C[C@H](O)[C@H](O)[C@@H](O)[C@H](C=O)O[C@H]1OC(C(=O)O)=C[C@H](O)[C@H]1O.[Na]. The number of rotatable bonds is 7. The largest absolute Gasteiger partial charge is 0.475 e. The number of carbonyl (C=O) groups is 2. The van der Waals surface area contributed by atoms with E-state index < -0.39 is 54.6 Å². The van der Waals surface area contributed by atoms with Crippen molar-refractivity contribution in [2.45, 2.75) is 49.8 Å². The molecule has 0 aromatic rings. The molecule has 6 N–H and O–H groups in total. The summed E-state index contributed by atoms with van der Waals surface area (Å²) in [6.45, 7) is 1.16. The molecule has 0 saturated heterocycles. The third-order valence-electron chi connectivity index (χ3n) is 3.01. The van der Waals surface area contributed by atoms with E-state index in [2.05, 4.69) is 0 Å². The van der Waals surface area contributed by atoms with Gasteiger partial charge in [-0.25, -0.2) is 4.79 Å². The van der Waals surface area contributed by atoms with Crippen LogP contribution in [0.25, 0.3) is 0 Å². The van der Waals surface area contributed by atoms with Crippen LogP contribution in [0, 0.1) is 0 Å². The second-order valence-corrected chi connectivity index (χ2v) is 4.76. The Balaban J connectivity index is 0.00000484. The zero-order valence-corrected chi connectivity index (χ0v) is 14.5. The average Bonchev–Trinajstić information content (AvgIpc) is 2.46. The summed E-state index contributed by atoms with van der Waals surface area (Å²) < 4.78 is 9.68. The van der Waals surface area contributed by atoms with Gasteiger partial charge in [0.15, 0.2) is 6.29 Å². The first kappa shape index (κ1) is 22.4. The molecule has 0 aliphatic carbocycles. The van der Waals surface area contributed by atoms with Gasteiger partial charge in [-0.2, -0.15) is 0 Å². The fourth-order valence-corrected chi connectivity index (χ4v) is 1.71. The minimum atomic E-state index is -1.86. The molecule has 0 bridgehead atoms. The number of aldehydes is 1. The Bertz CT molecular complexity index is 440. The molecule has 0 aromatic carbocycles. The molecule has 23 heavy (non-hydrogen) atoms. The Hall–Kier alpha value is -0.560. The van der Waals surface area contributed by atoms with E-state index >= 15 is 0 Å². The van der Waals surface area contributed by atoms with Crippen molar-refractivity contribution in [3.63, 3.8) is 0 Å². The Labute approximate surface area is 153 Å². The summed E-state index contributed by atoms with van der Waals surface area (Å²) >= 11 is 0. The van der Waals surface area contributed by atoms with E-state index in [9.17, 15) is 30.0 Å². The van der Waals surface area contributed by atoms with E-state index in [4.69, 9.17) is 19.7 Å².